The van der Waals surface area contributed by atoms with Gasteiger partial charge < -0.3 is 4.90 Å². The van der Waals surface area contributed by atoms with Crippen LogP contribution in [0.25, 0.3) is 6.08 Å². The molecule has 11 heteroatoms. The number of sulfone groups is 1. The van der Waals surface area contributed by atoms with Gasteiger partial charge in [0.1, 0.15) is 21.8 Å². The predicted octanol–water partition coefficient (Wildman–Crippen LogP) is 3.45. The zero-order valence-electron chi connectivity index (χ0n) is 20.9. The van der Waals surface area contributed by atoms with Crippen molar-refractivity contribution < 1.29 is 13.2 Å². The number of piperidine rings is 1. The molecule has 0 bridgehead atoms. The summed E-state index contributed by atoms with van der Waals surface area (Å²) < 4.78 is 26.1. The van der Waals surface area contributed by atoms with Gasteiger partial charge in [0.05, 0.1) is 22.5 Å². The Bertz CT molecular complexity index is 1320. The van der Waals surface area contributed by atoms with E-state index in [0.29, 0.717) is 39.2 Å². The van der Waals surface area contributed by atoms with E-state index in [4.69, 9.17) is 12.2 Å². The van der Waals surface area contributed by atoms with Crippen LogP contribution in [0.3, 0.4) is 0 Å². The SMILES string of the molecule is CCCCn1c(N2CCC(C)CC2)c(C=C2SC(=S)N(C3CCS(=O)(=O)C3)C2=O)c(C)c(C#N)c1=O. The van der Waals surface area contributed by atoms with Crippen LogP contribution in [0.5, 0.6) is 0 Å². The van der Waals surface area contributed by atoms with Gasteiger partial charge in [0, 0.05) is 25.2 Å². The second-order valence-electron chi connectivity index (χ2n) is 9.94. The Hall–Kier alpha value is -2.16. The first-order valence-electron chi connectivity index (χ1n) is 12.5. The second kappa shape index (κ2) is 10.7. The Morgan fingerprint density at radius 1 is 1.22 bits per heavy atom. The molecule has 0 aliphatic carbocycles. The van der Waals surface area contributed by atoms with Crippen LogP contribution >= 0.6 is 24.0 Å². The van der Waals surface area contributed by atoms with Gasteiger partial charge in [-0.1, -0.05) is 44.2 Å². The van der Waals surface area contributed by atoms with Gasteiger partial charge in [0.25, 0.3) is 11.5 Å². The second-order valence-corrected chi connectivity index (χ2v) is 13.8. The lowest BCUT2D eigenvalue weighted by Gasteiger charge is -2.35. The molecule has 4 heterocycles. The first-order chi connectivity index (χ1) is 17.1. The number of unbranched alkanes of at least 4 members (excludes halogenated alkanes) is 1. The van der Waals surface area contributed by atoms with Crippen molar-refractivity contribution in [3.63, 3.8) is 0 Å². The molecule has 4 rings (SSSR count). The number of hydrogen-bond acceptors (Lipinski definition) is 8. The number of hydrogen-bond donors (Lipinski definition) is 0. The number of aromatic nitrogens is 1. The quantitative estimate of drug-likeness (QED) is 0.393. The summed E-state index contributed by atoms with van der Waals surface area (Å²) in [5.74, 6) is 1.01. The number of thiocarbonyl (C=S) groups is 1. The highest BCUT2D eigenvalue weighted by Gasteiger charge is 2.42. The van der Waals surface area contributed by atoms with E-state index < -0.39 is 15.9 Å². The summed E-state index contributed by atoms with van der Waals surface area (Å²) in [4.78, 5) is 30.9. The Labute approximate surface area is 222 Å². The van der Waals surface area contributed by atoms with Crippen LogP contribution in [-0.4, -0.2) is 58.7 Å². The highest BCUT2D eigenvalue weighted by atomic mass is 32.2. The molecule has 8 nitrogen and oxygen atoms in total. The average molecular weight is 549 g/mol. The Balaban J connectivity index is 1.84. The van der Waals surface area contributed by atoms with E-state index in [0.717, 1.165) is 56.4 Å². The van der Waals surface area contributed by atoms with Gasteiger partial charge in [-0.3, -0.25) is 19.1 Å². The Morgan fingerprint density at radius 2 is 1.92 bits per heavy atom. The van der Waals surface area contributed by atoms with Crippen molar-refractivity contribution in [2.45, 2.75) is 65.5 Å². The summed E-state index contributed by atoms with van der Waals surface area (Å²) in [6, 6.07) is 1.64. The summed E-state index contributed by atoms with van der Waals surface area (Å²) >= 11 is 6.65. The fourth-order valence-electron chi connectivity index (χ4n) is 5.13. The average Bonchev–Trinajstić information content (AvgIpc) is 3.32. The number of carbonyl (C=O) groups is 1. The zero-order chi connectivity index (χ0) is 26.2. The third kappa shape index (κ3) is 5.13. The molecular formula is C25H32N4O4S3. The van der Waals surface area contributed by atoms with Gasteiger partial charge in [-0.2, -0.15) is 5.26 Å². The van der Waals surface area contributed by atoms with Gasteiger partial charge in [-0.05, 0) is 50.2 Å². The topological polar surface area (TPSA) is 103 Å². The van der Waals surface area contributed by atoms with Crippen LogP contribution in [0.2, 0.25) is 0 Å². The summed E-state index contributed by atoms with van der Waals surface area (Å²) in [5.41, 5.74) is 1.04. The van der Waals surface area contributed by atoms with E-state index in [9.17, 15) is 23.3 Å². The third-order valence-corrected chi connectivity index (χ3v) is 10.4. The summed E-state index contributed by atoms with van der Waals surface area (Å²) in [6.07, 6.45) is 5.82. The van der Waals surface area contributed by atoms with Crippen molar-refractivity contribution in [2.24, 2.45) is 5.92 Å². The maximum Gasteiger partial charge on any atom is 0.270 e. The fourth-order valence-corrected chi connectivity index (χ4v) is 8.22. The van der Waals surface area contributed by atoms with Crippen LogP contribution in [0.4, 0.5) is 5.82 Å². The van der Waals surface area contributed by atoms with Crippen molar-refractivity contribution in [3.05, 3.63) is 31.9 Å². The van der Waals surface area contributed by atoms with Crippen LogP contribution in [-0.2, 0) is 21.2 Å². The van der Waals surface area contributed by atoms with E-state index in [1.807, 2.05) is 0 Å². The van der Waals surface area contributed by atoms with Crippen LogP contribution in [0.15, 0.2) is 9.70 Å². The lowest BCUT2D eigenvalue weighted by molar-refractivity contribution is -0.123. The molecule has 1 aromatic rings. The lowest BCUT2D eigenvalue weighted by Crippen LogP contribution is -2.39. The van der Waals surface area contributed by atoms with E-state index in [-0.39, 0.29) is 28.5 Å². The highest BCUT2D eigenvalue weighted by Crippen LogP contribution is 2.39. The number of amides is 1. The number of nitrogens with zero attached hydrogens (tertiary/aromatic N) is 4. The molecule has 3 aliphatic heterocycles. The minimum Gasteiger partial charge on any atom is -0.357 e. The van der Waals surface area contributed by atoms with Crippen molar-refractivity contribution in [1.82, 2.24) is 9.47 Å². The highest BCUT2D eigenvalue weighted by molar-refractivity contribution is 8.26. The molecule has 0 radical (unpaired) electrons. The van der Waals surface area contributed by atoms with Gasteiger partial charge in [-0.25, -0.2) is 8.42 Å². The van der Waals surface area contributed by atoms with E-state index >= 15 is 0 Å². The van der Waals surface area contributed by atoms with Gasteiger partial charge in [0.2, 0.25) is 0 Å². The Morgan fingerprint density at radius 3 is 2.50 bits per heavy atom. The molecule has 1 amide bonds. The minimum absolute atomic E-state index is 0.0539. The maximum absolute atomic E-state index is 13.4. The smallest absolute Gasteiger partial charge is 0.270 e. The molecule has 0 N–H and O–H groups in total. The summed E-state index contributed by atoms with van der Waals surface area (Å²) in [5, 5.41) is 9.84. The molecule has 1 atom stereocenters. The number of rotatable bonds is 6. The van der Waals surface area contributed by atoms with Crippen molar-refractivity contribution in [3.8, 4) is 6.07 Å². The van der Waals surface area contributed by atoms with E-state index in [2.05, 4.69) is 24.8 Å². The van der Waals surface area contributed by atoms with Gasteiger partial charge >= 0.3 is 0 Å². The molecule has 194 valence electrons. The lowest BCUT2D eigenvalue weighted by atomic mass is 9.97. The minimum atomic E-state index is -3.18. The normalized spacial score (nSPS) is 23.6. The number of pyridine rings is 1. The molecular weight excluding hydrogens is 517 g/mol. The maximum atomic E-state index is 13.4. The predicted molar refractivity (Wildman–Crippen MR) is 148 cm³/mol. The van der Waals surface area contributed by atoms with E-state index in [1.165, 1.54) is 4.90 Å². The van der Waals surface area contributed by atoms with Crippen LogP contribution in [0, 0.1) is 24.2 Å². The van der Waals surface area contributed by atoms with Crippen molar-refractivity contribution in [2.75, 3.05) is 29.5 Å². The largest absolute Gasteiger partial charge is 0.357 e. The molecule has 0 aromatic carbocycles. The standard InChI is InChI=1S/C25H32N4O4S3/c1-4-5-9-28-22(27-10-6-16(2)7-11-27)19(17(3)20(14-26)23(28)30)13-21-24(31)29(25(34)35-21)18-8-12-36(32,33)15-18/h13,16,18H,4-12,15H2,1-3H3. The number of thioether (sulfide) groups is 1. The van der Waals surface area contributed by atoms with Crippen molar-refractivity contribution in [1.29, 1.82) is 5.26 Å². The Kier molecular flexibility index (Phi) is 7.98. The monoisotopic (exact) mass is 548 g/mol. The molecule has 1 unspecified atom stereocenters. The fraction of sp³-hybridized carbons (Fsp3) is 0.600. The van der Waals surface area contributed by atoms with E-state index in [1.54, 1.807) is 17.6 Å². The van der Waals surface area contributed by atoms with Crippen LogP contribution in [0.1, 0.15) is 62.6 Å². The van der Waals surface area contributed by atoms with Gasteiger partial charge in [-0.15, -0.1) is 0 Å². The van der Waals surface area contributed by atoms with Gasteiger partial charge in [0.15, 0.2) is 9.84 Å². The third-order valence-electron chi connectivity index (χ3n) is 7.34. The summed E-state index contributed by atoms with van der Waals surface area (Å²) in [6.45, 7) is 8.12. The number of carbonyl (C=O) groups excluding carboxylic acids is 1. The molecule has 3 saturated heterocycles. The molecule has 0 spiro atoms. The van der Waals surface area contributed by atoms with Crippen molar-refractivity contribution >= 4 is 55.9 Å². The summed E-state index contributed by atoms with van der Waals surface area (Å²) in [7, 11) is -3.18. The molecule has 3 aliphatic rings. The van der Waals surface area contributed by atoms with Crippen LogP contribution < -0.4 is 10.5 Å². The first-order valence-corrected chi connectivity index (χ1v) is 15.5. The first kappa shape index (κ1) is 26.9. The molecule has 36 heavy (non-hydrogen) atoms. The number of nitriles is 1. The molecule has 0 saturated carbocycles. The number of anilines is 1. The zero-order valence-corrected chi connectivity index (χ0v) is 23.4. The molecule has 1 aromatic heterocycles. The molecule has 3 fully saturated rings.